The van der Waals surface area contributed by atoms with Crippen molar-refractivity contribution in [1.82, 2.24) is 5.32 Å². The van der Waals surface area contributed by atoms with Crippen LogP contribution in [0.4, 0.5) is 17.6 Å². The van der Waals surface area contributed by atoms with E-state index in [9.17, 15) is 26.0 Å². The Balaban J connectivity index is 2.54. The van der Waals surface area contributed by atoms with Gasteiger partial charge in [0.05, 0.1) is 11.3 Å². The minimum absolute atomic E-state index is 0.00542. The van der Waals surface area contributed by atoms with E-state index in [-0.39, 0.29) is 30.8 Å². The second kappa shape index (κ2) is 6.51. The number of primary sulfonamides is 1. The van der Waals surface area contributed by atoms with Crippen LogP contribution in [0.5, 0.6) is 0 Å². The summed E-state index contributed by atoms with van der Waals surface area (Å²) in [6.07, 6.45) is -4.38. The number of alkyl halides is 3. The first-order chi connectivity index (χ1) is 9.08. The van der Waals surface area contributed by atoms with Gasteiger partial charge in [0.15, 0.2) is 0 Å². The number of nitrogens with two attached hydrogens (primary N) is 1. The van der Waals surface area contributed by atoms with Crippen molar-refractivity contribution >= 4 is 10.0 Å². The first-order valence-electron chi connectivity index (χ1n) is 5.66. The van der Waals surface area contributed by atoms with Crippen LogP contribution in [0.1, 0.15) is 17.5 Å². The number of nitrogens with one attached hydrogen (secondary N) is 1. The summed E-state index contributed by atoms with van der Waals surface area (Å²) in [6.45, 7) is 0.250. The lowest BCUT2D eigenvalue weighted by Crippen LogP contribution is -2.22. The maximum atomic E-state index is 13.1. The second-order valence-corrected chi connectivity index (χ2v) is 5.98. The maximum absolute atomic E-state index is 13.1. The molecular formula is C11H14F4N2O2S. The molecule has 114 valence electrons. The Kier molecular flexibility index (Phi) is 5.49. The summed E-state index contributed by atoms with van der Waals surface area (Å²) in [5.74, 6) is -1.20. The summed E-state index contributed by atoms with van der Waals surface area (Å²) in [6, 6.07) is 2.25. The Labute approximate surface area is 114 Å². The molecule has 3 N–H and O–H groups in total. The molecule has 0 amide bonds. The summed E-state index contributed by atoms with van der Waals surface area (Å²) in [7, 11) is -3.55. The fourth-order valence-corrected chi connectivity index (χ4v) is 2.09. The van der Waals surface area contributed by atoms with Gasteiger partial charge in [-0.1, -0.05) is 0 Å². The Morgan fingerprint density at radius 2 is 1.85 bits per heavy atom. The topological polar surface area (TPSA) is 72.2 Å². The molecular weight excluding hydrogens is 300 g/mol. The third-order valence-corrected chi connectivity index (χ3v) is 3.25. The van der Waals surface area contributed by atoms with Gasteiger partial charge in [0, 0.05) is 6.54 Å². The summed E-state index contributed by atoms with van der Waals surface area (Å²) >= 11 is 0. The van der Waals surface area contributed by atoms with Crippen LogP contribution >= 0.6 is 0 Å². The molecule has 0 spiro atoms. The molecule has 0 saturated carbocycles. The average Bonchev–Trinajstić information content (AvgIpc) is 2.25. The van der Waals surface area contributed by atoms with Gasteiger partial charge in [0.1, 0.15) is 5.82 Å². The molecule has 20 heavy (non-hydrogen) atoms. The molecule has 0 unspecified atom stereocenters. The standard InChI is InChI=1S/C11H14F4N2O2S/c12-10-5-8(4-9(6-10)11(13,14)15)7-17-2-1-3-20(16,18)19/h4-6,17H,1-3,7H2,(H2,16,18,19). The fraction of sp³-hybridized carbons (Fsp3) is 0.455. The number of sulfonamides is 1. The van der Waals surface area contributed by atoms with Crippen molar-refractivity contribution in [3.8, 4) is 0 Å². The third kappa shape index (κ3) is 6.31. The first kappa shape index (κ1) is 16.9. The van der Waals surface area contributed by atoms with Crippen LogP contribution in [-0.4, -0.2) is 20.7 Å². The lowest BCUT2D eigenvalue weighted by Gasteiger charge is -2.10. The average molecular weight is 314 g/mol. The van der Waals surface area contributed by atoms with Crippen LogP contribution in [0.25, 0.3) is 0 Å². The van der Waals surface area contributed by atoms with Crippen molar-refractivity contribution < 1.29 is 26.0 Å². The van der Waals surface area contributed by atoms with Crippen molar-refractivity contribution in [2.75, 3.05) is 12.3 Å². The third-order valence-electron chi connectivity index (χ3n) is 2.40. The Morgan fingerprint density at radius 3 is 2.40 bits per heavy atom. The Hall–Kier alpha value is -1.19. The van der Waals surface area contributed by atoms with E-state index in [0.29, 0.717) is 6.07 Å². The number of rotatable bonds is 6. The van der Waals surface area contributed by atoms with Gasteiger partial charge >= 0.3 is 6.18 Å². The molecule has 0 aliphatic rings. The van der Waals surface area contributed by atoms with E-state index in [4.69, 9.17) is 5.14 Å². The number of hydrogen-bond donors (Lipinski definition) is 2. The molecule has 4 nitrogen and oxygen atoms in total. The highest BCUT2D eigenvalue weighted by Gasteiger charge is 2.31. The zero-order valence-electron chi connectivity index (χ0n) is 10.4. The van der Waals surface area contributed by atoms with Gasteiger partial charge in [0.2, 0.25) is 10.0 Å². The number of benzene rings is 1. The highest BCUT2D eigenvalue weighted by atomic mass is 32.2. The molecule has 0 fully saturated rings. The summed E-state index contributed by atoms with van der Waals surface area (Å²) in [5, 5.41) is 7.51. The molecule has 9 heteroatoms. The Bertz CT molecular complexity index is 558. The quantitative estimate of drug-likeness (QED) is 0.619. The lowest BCUT2D eigenvalue weighted by atomic mass is 10.1. The molecule has 0 aliphatic heterocycles. The van der Waals surface area contributed by atoms with Crippen LogP contribution < -0.4 is 10.5 Å². The number of halogens is 4. The van der Waals surface area contributed by atoms with Gasteiger partial charge in [-0.15, -0.1) is 0 Å². The zero-order valence-corrected chi connectivity index (χ0v) is 11.2. The van der Waals surface area contributed by atoms with Gasteiger partial charge in [-0.25, -0.2) is 17.9 Å². The van der Waals surface area contributed by atoms with E-state index in [1.54, 1.807) is 0 Å². The number of hydrogen-bond acceptors (Lipinski definition) is 3. The van der Waals surface area contributed by atoms with E-state index >= 15 is 0 Å². The van der Waals surface area contributed by atoms with Gasteiger partial charge in [-0.3, -0.25) is 0 Å². The highest BCUT2D eigenvalue weighted by Crippen LogP contribution is 2.30. The Morgan fingerprint density at radius 1 is 1.20 bits per heavy atom. The van der Waals surface area contributed by atoms with Crippen LogP contribution in [0.3, 0.4) is 0 Å². The first-order valence-corrected chi connectivity index (χ1v) is 7.37. The SMILES string of the molecule is NS(=O)(=O)CCCNCc1cc(F)cc(C(F)(F)F)c1. The molecule has 0 saturated heterocycles. The molecule has 0 radical (unpaired) electrons. The van der Waals surface area contributed by atoms with E-state index in [2.05, 4.69) is 5.32 Å². The van der Waals surface area contributed by atoms with Gasteiger partial charge in [-0.05, 0) is 36.7 Å². The fourth-order valence-electron chi connectivity index (χ4n) is 1.55. The summed E-state index contributed by atoms with van der Waals surface area (Å²) in [5.41, 5.74) is -0.924. The monoisotopic (exact) mass is 314 g/mol. The summed E-state index contributed by atoms with van der Waals surface area (Å²) < 4.78 is 71.7. The predicted molar refractivity (Wildman–Crippen MR) is 65.7 cm³/mol. The van der Waals surface area contributed by atoms with Crippen molar-refractivity contribution in [3.63, 3.8) is 0 Å². The molecule has 0 aliphatic carbocycles. The minimum atomic E-state index is -4.61. The zero-order chi connectivity index (χ0) is 15.4. The second-order valence-electron chi connectivity index (χ2n) is 4.24. The molecule has 1 aromatic carbocycles. The normalized spacial score (nSPS) is 12.7. The summed E-state index contributed by atoms with van der Waals surface area (Å²) in [4.78, 5) is 0. The van der Waals surface area contributed by atoms with Crippen molar-refractivity contribution in [2.24, 2.45) is 5.14 Å². The molecule has 0 heterocycles. The van der Waals surface area contributed by atoms with Gasteiger partial charge in [-0.2, -0.15) is 13.2 Å². The van der Waals surface area contributed by atoms with E-state index in [1.807, 2.05) is 0 Å². The molecule has 1 rings (SSSR count). The molecule has 1 aromatic rings. The maximum Gasteiger partial charge on any atom is 0.416 e. The van der Waals surface area contributed by atoms with Crippen LogP contribution in [-0.2, 0) is 22.7 Å². The smallest absolute Gasteiger partial charge is 0.313 e. The lowest BCUT2D eigenvalue weighted by molar-refractivity contribution is -0.137. The van der Waals surface area contributed by atoms with Crippen molar-refractivity contribution in [1.29, 1.82) is 0 Å². The predicted octanol–water partition coefficient (Wildman–Crippen LogP) is 1.61. The van der Waals surface area contributed by atoms with Gasteiger partial charge < -0.3 is 5.32 Å². The van der Waals surface area contributed by atoms with Crippen LogP contribution in [0, 0.1) is 5.82 Å². The molecule has 0 atom stereocenters. The van der Waals surface area contributed by atoms with Crippen LogP contribution in [0.15, 0.2) is 18.2 Å². The largest absolute Gasteiger partial charge is 0.416 e. The molecule has 0 bridgehead atoms. The van der Waals surface area contributed by atoms with E-state index in [0.717, 1.165) is 12.1 Å². The van der Waals surface area contributed by atoms with E-state index < -0.39 is 27.6 Å². The van der Waals surface area contributed by atoms with E-state index in [1.165, 1.54) is 0 Å². The van der Waals surface area contributed by atoms with Crippen LogP contribution in [0.2, 0.25) is 0 Å². The van der Waals surface area contributed by atoms with Crippen molar-refractivity contribution in [2.45, 2.75) is 19.1 Å². The van der Waals surface area contributed by atoms with Crippen molar-refractivity contribution in [3.05, 3.63) is 35.1 Å². The highest BCUT2D eigenvalue weighted by molar-refractivity contribution is 7.89. The van der Waals surface area contributed by atoms with Gasteiger partial charge in [0.25, 0.3) is 0 Å². The molecule has 0 aromatic heterocycles. The minimum Gasteiger partial charge on any atom is -0.313 e.